The first-order chi connectivity index (χ1) is 16.5. The Bertz CT molecular complexity index is 1070. The summed E-state index contributed by atoms with van der Waals surface area (Å²) in [6.45, 7) is 7.37. The number of halogens is 3. The largest absolute Gasteiger partial charge is 0.490 e. The third-order valence-electron chi connectivity index (χ3n) is 6.81. The Morgan fingerprint density at radius 2 is 1.69 bits per heavy atom. The molecule has 188 valence electrons. The van der Waals surface area contributed by atoms with Crippen LogP contribution in [0, 0.1) is 19.8 Å². The van der Waals surface area contributed by atoms with Crippen LogP contribution in [0.1, 0.15) is 37.3 Å². The van der Waals surface area contributed by atoms with Gasteiger partial charge < -0.3 is 14.7 Å². The van der Waals surface area contributed by atoms with E-state index in [1.54, 1.807) is 24.3 Å². The van der Waals surface area contributed by atoms with Gasteiger partial charge in [-0.1, -0.05) is 25.1 Å². The second-order valence-electron chi connectivity index (χ2n) is 9.32. The summed E-state index contributed by atoms with van der Waals surface area (Å²) in [5.41, 5.74) is 3.24. The molecular weight excluding hydrogens is 459 g/mol. The molecule has 1 N–H and O–H groups in total. The van der Waals surface area contributed by atoms with Gasteiger partial charge in [0.25, 0.3) is 0 Å². The first-order valence-electron chi connectivity index (χ1n) is 11.8. The third-order valence-corrected chi connectivity index (χ3v) is 6.81. The van der Waals surface area contributed by atoms with Crippen molar-refractivity contribution < 1.29 is 27.8 Å². The van der Waals surface area contributed by atoms with Gasteiger partial charge in [0.1, 0.15) is 17.6 Å². The zero-order chi connectivity index (χ0) is 25.3. The molecule has 2 aliphatic rings. The molecule has 2 aliphatic heterocycles. The summed E-state index contributed by atoms with van der Waals surface area (Å²) in [4.78, 5) is 13.7. The average molecular weight is 490 g/mol. The fourth-order valence-corrected chi connectivity index (χ4v) is 5.05. The van der Waals surface area contributed by atoms with E-state index in [-0.39, 0.29) is 6.10 Å². The van der Waals surface area contributed by atoms with Gasteiger partial charge in [0.15, 0.2) is 0 Å². The number of hydrogen-bond donors (Lipinski definition) is 1. The number of anilines is 2. The molecule has 4 rings (SSSR count). The number of carboxylic acids is 1. The second-order valence-corrected chi connectivity index (χ2v) is 9.32. The first kappa shape index (κ1) is 24.9. The van der Waals surface area contributed by atoms with E-state index in [2.05, 4.69) is 42.0 Å². The van der Waals surface area contributed by atoms with Crippen molar-refractivity contribution in [2.45, 2.75) is 58.4 Å². The topological polar surface area (TPSA) is 65.4 Å². The molecule has 35 heavy (non-hydrogen) atoms. The Labute approximate surface area is 203 Å². The highest BCUT2D eigenvalue weighted by Gasteiger charge is 2.48. The summed E-state index contributed by atoms with van der Waals surface area (Å²) in [5.74, 6) is -1.59. The molecule has 2 atom stereocenters. The van der Waals surface area contributed by atoms with Crippen LogP contribution in [0.3, 0.4) is 0 Å². The lowest BCUT2D eigenvalue weighted by Gasteiger charge is -2.35. The number of nitrogens with zero attached hydrogens (tertiary/aromatic N) is 3. The Kier molecular flexibility index (Phi) is 6.96. The molecule has 0 aromatic heterocycles. The molecule has 2 aromatic carbocycles. The molecule has 2 heterocycles. The number of hydrogen-bond acceptors (Lipinski definition) is 5. The molecule has 6 nitrogen and oxygen atoms in total. The number of piperidine rings is 1. The van der Waals surface area contributed by atoms with Gasteiger partial charge in [-0.3, -0.25) is 9.80 Å². The van der Waals surface area contributed by atoms with Crippen LogP contribution in [0.25, 0.3) is 0 Å². The minimum atomic E-state index is -4.61. The SMILES string of the molecule is Cc1cccc(C)c1N1CCC(Oc2ccc(N3N=C(C(F)(F)F)C(C)C3CC(=O)O)cc2)CC1. The van der Waals surface area contributed by atoms with E-state index in [0.717, 1.165) is 25.9 Å². The van der Waals surface area contributed by atoms with Gasteiger partial charge in [-0.05, 0) is 49.2 Å². The molecule has 0 bridgehead atoms. The standard InChI is InChI=1S/C26H30F3N3O3/c1-16-5-4-6-17(2)24(16)31-13-11-21(12-14-31)35-20-9-7-19(8-10-20)32-22(15-23(33)34)18(3)25(30-32)26(27,28)29/h4-10,18,21-22H,11-15H2,1-3H3,(H,33,34). The van der Waals surface area contributed by atoms with Gasteiger partial charge in [0, 0.05) is 37.5 Å². The van der Waals surface area contributed by atoms with Crippen molar-refractivity contribution >= 4 is 23.1 Å². The molecule has 0 spiro atoms. The van der Waals surface area contributed by atoms with Gasteiger partial charge in [-0.2, -0.15) is 18.3 Å². The number of hydrazone groups is 1. The summed E-state index contributed by atoms with van der Waals surface area (Å²) in [5, 5.41) is 14.1. The highest BCUT2D eigenvalue weighted by atomic mass is 19.4. The average Bonchev–Trinajstić information content (AvgIpc) is 3.11. The number of aryl methyl sites for hydroxylation is 2. The van der Waals surface area contributed by atoms with Crippen molar-refractivity contribution in [1.29, 1.82) is 0 Å². The van der Waals surface area contributed by atoms with E-state index < -0.39 is 36.2 Å². The molecule has 2 unspecified atom stereocenters. The van der Waals surface area contributed by atoms with Crippen LogP contribution in [0.5, 0.6) is 5.75 Å². The van der Waals surface area contributed by atoms with Gasteiger partial charge in [0.2, 0.25) is 0 Å². The van der Waals surface area contributed by atoms with Gasteiger partial charge >= 0.3 is 12.1 Å². The summed E-state index contributed by atoms with van der Waals surface area (Å²) >= 11 is 0. The summed E-state index contributed by atoms with van der Waals surface area (Å²) in [6.07, 6.45) is -3.29. The zero-order valence-corrected chi connectivity index (χ0v) is 20.0. The Morgan fingerprint density at radius 1 is 1.09 bits per heavy atom. The number of para-hydroxylation sites is 1. The molecule has 9 heteroatoms. The van der Waals surface area contributed by atoms with Crippen molar-refractivity contribution in [2.75, 3.05) is 23.0 Å². The summed E-state index contributed by atoms with van der Waals surface area (Å²) < 4.78 is 46.3. The smallest absolute Gasteiger partial charge is 0.431 e. The molecule has 0 radical (unpaired) electrons. The predicted molar refractivity (Wildman–Crippen MR) is 129 cm³/mol. The van der Waals surface area contributed by atoms with Gasteiger partial charge in [0.05, 0.1) is 18.2 Å². The Hall–Kier alpha value is -3.23. The summed E-state index contributed by atoms with van der Waals surface area (Å²) in [6, 6.07) is 12.1. The van der Waals surface area contributed by atoms with Crippen LogP contribution >= 0.6 is 0 Å². The molecule has 0 aliphatic carbocycles. The first-order valence-corrected chi connectivity index (χ1v) is 11.8. The highest BCUT2D eigenvalue weighted by Crippen LogP contribution is 2.37. The quantitative estimate of drug-likeness (QED) is 0.575. The van der Waals surface area contributed by atoms with E-state index in [4.69, 9.17) is 4.74 Å². The lowest BCUT2D eigenvalue weighted by Crippen LogP contribution is -2.39. The van der Waals surface area contributed by atoms with E-state index in [0.29, 0.717) is 11.4 Å². The predicted octanol–water partition coefficient (Wildman–Crippen LogP) is 5.57. The number of benzene rings is 2. The second kappa shape index (κ2) is 9.79. The monoisotopic (exact) mass is 489 g/mol. The van der Waals surface area contributed by atoms with Crippen LogP contribution < -0.4 is 14.6 Å². The fraction of sp³-hybridized carbons (Fsp3) is 0.462. The minimum absolute atomic E-state index is 0.0443. The van der Waals surface area contributed by atoms with Crippen molar-refractivity contribution in [3.8, 4) is 5.75 Å². The molecular formula is C26H30F3N3O3. The Balaban J connectivity index is 1.42. The number of aliphatic carboxylic acids is 1. The molecule has 1 saturated heterocycles. The summed E-state index contributed by atoms with van der Waals surface area (Å²) in [7, 11) is 0. The maximum absolute atomic E-state index is 13.4. The molecule has 0 saturated carbocycles. The molecule has 0 amide bonds. The lowest BCUT2D eigenvalue weighted by atomic mass is 9.94. The highest BCUT2D eigenvalue weighted by molar-refractivity contribution is 5.95. The van der Waals surface area contributed by atoms with E-state index in [1.807, 2.05) is 0 Å². The normalized spacial score (nSPS) is 21.3. The van der Waals surface area contributed by atoms with E-state index in [1.165, 1.54) is 28.7 Å². The van der Waals surface area contributed by atoms with Crippen LogP contribution in [0.2, 0.25) is 0 Å². The van der Waals surface area contributed by atoms with Crippen LogP contribution in [0.15, 0.2) is 47.6 Å². The van der Waals surface area contributed by atoms with Crippen molar-refractivity contribution in [1.82, 2.24) is 0 Å². The van der Waals surface area contributed by atoms with Gasteiger partial charge in [-0.15, -0.1) is 0 Å². The van der Waals surface area contributed by atoms with Gasteiger partial charge in [-0.25, -0.2) is 0 Å². The lowest BCUT2D eigenvalue weighted by molar-refractivity contribution is -0.137. The number of alkyl halides is 3. The van der Waals surface area contributed by atoms with Crippen molar-refractivity contribution in [3.05, 3.63) is 53.6 Å². The van der Waals surface area contributed by atoms with Crippen molar-refractivity contribution in [3.63, 3.8) is 0 Å². The van der Waals surface area contributed by atoms with Crippen LogP contribution in [-0.4, -0.2) is 48.2 Å². The Morgan fingerprint density at radius 3 is 2.23 bits per heavy atom. The van der Waals surface area contributed by atoms with E-state index in [9.17, 15) is 23.1 Å². The maximum Gasteiger partial charge on any atom is 0.431 e. The maximum atomic E-state index is 13.4. The number of carbonyl (C=O) groups is 1. The number of ether oxygens (including phenoxy) is 1. The van der Waals surface area contributed by atoms with E-state index >= 15 is 0 Å². The number of rotatable bonds is 6. The fourth-order valence-electron chi connectivity index (χ4n) is 5.05. The van der Waals surface area contributed by atoms with Crippen molar-refractivity contribution in [2.24, 2.45) is 11.0 Å². The van der Waals surface area contributed by atoms with Crippen LogP contribution in [0.4, 0.5) is 24.5 Å². The molecule has 2 aromatic rings. The molecule has 1 fully saturated rings. The third kappa shape index (κ3) is 5.39. The zero-order valence-electron chi connectivity index (χ0n) is 20.0. The van der Waals surface area contributed by atoms with Crippen LogP contribution in [-0.2, 0) is 4.79 Å². The minimum Gasteiger partial charge on any atom is -0.490 e. The number of carboxylic acid groups (broad SMARTS) is 1.